The van der Waals surface area contributed by atoms with Gasteiger partial charge in [-0.15, -0.1) is 0 Å². The minimum absolute atomic E-state index is 0.0306. The number of hydrogen-bond donors (Lipinski definition) is 1. The fraction of sp³-hybridized carbons (Fsp3) is 0.0909. The van der Waals surface area contributed by atoms with Crippen LogP contribution in [0, 0.1) is 17.0 Å². The van der Waals surface area contributed by atoms with Crippen LogP contribution >= 0.6 is 0 Å². The molecule has 0 fully saturated rings. The number of hydrogen-bond acceptors (Lipinski definition) is 5. The fourth-order valence-electron chi connectivity index (χ4n) is 3.39. The van der Waals surface area contributed by atoms with Crippen molar-refractivity contribution in [2.45, 2.75) is 13.5 Å². The van der Waals surface area contributed by atoms with Crippen LogP contribution in [-0.2, 0) is 6.54 Å². The Balaban J connectivity index is 1.99. The van der Waals surface area contributed by atoms with Crippen LogP contribution in [0.4, 0.5) is 11.4 Å². The molecule has 0 saturated heterocycles. The number of rotatable bonds is 4. The molecular formula is C22H18N4O3. The first-order valence-corrected chi connectivity index (χ1v) is 9.04. The van der Waals surface area contributed by atoms with Gasteiger partial charge >= 0.3 is 0 Å². The van der Waals surface area contributed by atoms with E-state index in [9.17, 15) is 14.9 Å². The number of nitrogen functional groups attached to an aromatic ring is 1. The highest BCUT2D eigenvalue weighted by atomic mass is 16.6. The number of nitrogens with two attached hydrogens (primary N) is 1. The van der Waals surface area contributed by atoms with Crippen LogP contribution in [0.1, 0.15) is 11.1 Å². The molecule has 144 valence electrons. The predicted molar refractivity (Wildman–Crippen MR) is 113 cm³/mol. The highest BCUT2D eigenvalue weighted by Crippen LogP contribution is 2.26. The summed E-state index contributed by atoms with van der Waals surface area (Å²) in [5.74, 6) is 0. The summed E-state index contributed by atoms with van der Waals surface area (Å²) in [6.07, 6.45) is 0. The van der Waals surface area contributed by atoms with E-state index in [1.807, 2.05) is 25.1 Å². The van der Waals surface area contributed by atoms with Crippen LogP contribution in [0.5, 0.6) is 0 Å². The van der Waals surface area contributed by atoms with Crippen molar-refractivity contribution in [3.8, 4) is 11.3 Å². The van der Waals surface area contributed by atoms with Crippen molar-refractivity contribution >= 4 is 22.4 Å². The van der Waals surface area contributed by atoms with Crippen LogP contribution in [0.15, 0.2) is 71.5 Å². The molecule has 29 heavy (non-hydrogen) atoms. The summed E-state index contributed by atoms with van der Waals surface area (Å²) in [7, 11) is 0. The van der Waals surface area contributed by atoms with Gasteiger partial charge in [-0.3, -0.25) is 14.9 Å². The maximum atomic E-state index is 13.4. The molecule has 0 radical (unpaired) electrons. The highest BCUT2D eigenvalue weighted by Gasteiger charge is 2.18. The van der Waals surface area contributed by atoms with Gasteiger partial charge in [0.1, 0.15) is 5.69 Å². The topological polar surface area (TPSA) is 104 Å². The van der Waals surface area contributed by atoms with E-state index in [2.05, 4.69) is 4.98 Å². The molecule has 0 aliphatic rings. The molecule has 0 unspecified atom stereocenters. The average molecular weight is 386 g/mol. The Morgan fingerprint density at radius 2 is 1.79 bits per heavy atom. The number of fused-ring (bicyclic) bond motifs is 1. The molecule has 2 N–H and O–H groups in total. The van der Waals surface area contributed by atoms with Crippen LogP contribution in [0.25, 0.3) is 22.3 Å². The fourth-order valence-corrected chi connectivity index (χ4v) is 3.39. The Labute approximate surface area is 166 Å². The van der Waals surface area contributed by atoms with Crippen molar-refractivity contribution < 1.29 is 4.92 Å². The van der Waals surface area contributed by atoms with Crippen molar-refractivity contribution in [3.05, 3.63) is 98.3 Å². The van der Waals surface area contributed by atoms with Gasteiger partial charge in [0.05, 0.1) is 22.5 Å². The number of benzene rings is 3. The Hall–Kier alpha value is -4.00. The van der Waals surface area contributed by atoms with Crippen molar-refractivity contribution in [3.63, 3.8) is 0 Å². The van der Waals surface area contributed by atoms with Gasteiger partial charge in [-0.05, 0) is 31.2 Å². The van der Waals surface area contributed by atoms with E-state index in [1.165, 1.54) is 10.6 Å². The summed E-state index contributed by atoms with van der Waals surface area (Å²) in [6.45, 7) is 1.97. The summed E-state index contributed by atoms with van der Waals surface area (Å²) in [4.78, 5) is 28.9. The number of aromatic nitrogens is 2. The second-order valence-electron chi connectivity index (χ2n) is 6.82. The summed E-state index contributed by atoms with van der Waals surface area (Å²) < 4.78 is 1.52. The standard InChI is InChI=1S/C22H18N4O3/c1-14-10-11-17(23)16(12-14)21-22(27)25(20-9-5-3-7-18(20)24-21)13-15-6-2-4-8-19(15)26(28)29/h2-12H,13,23H2,1H3. The number of aryl methyl sites for hydroxylation is 1. The predicted octanol–water partition coefficient (Wildman–Crippen LogP) is 3.91. The van der Waals surface area contributed by atoms with Crippen LogP contribution in [-0.4, -0.2) is 14.5 Å². The Morgan fingerprint density at radius 1 is 1.07 bits per heavy atom. The summed E-state index contributed by atoms with van der Waals surface area (Å²) in [6, 6.07) is 19.1. The van der Waals surface area contributed by atoms with Gasteiger partial charge in [0.25, 0.3) is 11.2 Å². The quantitative estimate of drug-likeness (QED) is 0.325. The molecule has 0 aliphatic heterocycles. The molecule has 4 rings (SSSR count). The van der Waals surface area contributed by atoms with Gasteiger partial charge in [0.15, 0.2) is 0 Å². The minimum Gasteiger partial charge on any atom is -0.398 e. The third-order valence-corrected chi connectivity index (χ3v) is 4.83. The molecule has 7 heteroatoms. The molecule has 1 aromatic heterocycles. The second kappa shape index (κ2) is 7.20. The summed E-state index contributed by atoms with van der Waals surface area (Å²) >= 11 is 0. The Kier molecular flexibility index (Phi) is 4.56. The van der Waals surface area contributed by atoms with Gasteiger partial charge in [-0.25, -0.2) is 4.98 Å². The maximum absolute atomic E-state index is 13.4. The zero-order chi connectivity index (χ0) is 20.5. The van der Waals surface area contributed by atoms with Gasteiger partial charge in [-0.1, -0.05) is 42.0 Å². The second-order valence-corrected chi connectivity index (χ2v) is 6.82. The monoisotopic (exact) mass is 386 g/mol. The highest BCUT2D eigenvalue weighted by molar-refractivity contribution is 5.81. The zero-order valence-electron chi connectivity index (χ0n) is 15.7. The Morgan fingerprint density at radius 3 is 2.59 bits per heavy atom. The van der Waals surface area contributed by atoms with E-state index < -0.39 is 4.92 Å². The van der Waals surface area contributed by atoms with Crippen LogP contribution < -0.4 is 11.3 Å². The smallest absolute Gasteiger partial charge is 0.277 e. The number of para-hydroxylation sites is 3. The third kappa shape index (κ3) is 3.34. The zero-order valence-corrected chi connectivity index (χ0v) is 15.7. The van der Waals surface area contributed by atoms with Crippen molar-refractivity contribution in [1.29, 1.82) is 0 Å². The molecule has 3 aromatic carbocycles. The molecule has 0 saturated carbocycles. The number of nitrogens with zero attached hydrogens (tertiary/aromatic N) is 3. The van der Waals surface area contributed by atoms with Crippen molar-refractivity contribution in [2.24, 2.45) is 0 Å². The van der Waals surface area contributed by atoms with Crippen LogP contribution in [0.2, 0.25) is 0 Å². The van der Waals surface area contributed by atoms with E-state index >= 15 is 0 Å². The van der Waals surface area contributed by atoms with E-state index in [4.69, 9.17) is 5.73 Å². The lowest BCUT2D eigenvalue weighted by molar-refractivity contribution is -0.385. The van der Waals surface area contributed by atoms with E-state index in [0.29, 0.717) is 27.8 Å². The lowest BCUT2D eigenvalue weighted by Gasteiger charge is -2.14. The Bertz CT molecular complexity index is 1310. The maximum Gasteiger partial charge on any atom is 0.277 e. The lowest BCUT2D eigenvalue weighted by Crippen LogP contribution is -2.25. The molecule has 7 nitrogen and oxygen atoms in total. The minimum atomic E-state index is -0.441. The molecule has 0 spiro atoms. The normalized spacial score (nSPS) is 10.9. The van der Waals surface area contributed by atoms with Gasteiger partial charge < -0.3 is 10.3 Å². The number of nitro groups is 1. The van der Waals surface area contributed by atoms with E-state index in [1.54, 1.807) is 42.5 Å². The van der Waals surface area contributed by atoms with Gasteiger partial charge in [0, 0.05) is 22.9 Å². The molecule has 0 aliphatic carbocycles. The number of nitro benzene ring substituents is 1. The largest absolute Gasteiger partial charge is 0.398 e. The molecule has 0 bridgehead atoms. The van der Waals surface area contributed by atoms with Crippen molar-refractivity contribution in [2.75, 3.05) is 5.73 Å². The van der Waals surface area contributed by atoms with E-state index in [0.717, 1.165) is 5.56 Å². The third-order valence-electron chi connectivity index (χ3n) is 4.83. The average Bonchev–Trinajstić information content (AvgIpc) is 2.72. The summed E-state index contributed by atoms with van der Waals surface area (Å²) in [5, 5.41) is 11.4. The molecular weight excluding hydrogens is 368 g/mol. The first-order valence-electron chi connectivity index (χ1n) is 9.04. The van der Waals surface area contributed by atoms with E-state index in [-0.39, 0.29) is 23.5 Å². The first kappa shape index (κ1) is 18.4. The molecule has 0 atom stereocenters. The lowest BCUT2D eigenvalue weighted by atomic mass is 10.1. The summed E-state index contributed by atoms with van der Waals surface area (Å²) in [5.41, 5.74) is 9.59. The SMILES string of the molecule is Cc1ccc(N)c(-c2nc3ccccc3n(Cc3ccccc3[N+](=O)[O-])c2=O)c1. The van der Waals surface area contributed by atoms with Crippen molar-refractivity contribution in [1.82, 2.24) is 9.55 Å². The molecule has 0 amide bonds. The molecule has 1 heterocycles. The van der Waals surface area contributed by atoms with Crippen LogP contribution in [0.3, 0.4) is 0 Å². The molecule has 4 aromatic rings. The van der Waals surface area contributed by atoms with Gasteiger partial charge in [-0.2, -0.15) is 0 Å². The van der Waals surface area contributed by atoms with Gasteiger partial charge in [0.2, 0.25) is 0 Å². The number of anilines is 1. The first-order chi connectivity index (χ1) is 14.0.